The van der Waals surface area contributed by atoms with Crippen molar-refractivity contribution >= 4 is 21.8 Å². The Kier molecular flexibility index (Phi) is 6.58. The van der Waals surface area contributed by atoms with Gasteiger partial charge in [-0.1, -0.05) is 13.0 Å². The van der Waals surface area contributed by atoms with Crippen molar-refractivity contribution in [1.29, 1.82) is 0 Å². The van der Waals surface area contributed by atoms with E-state index in [1.54, 1.807) is 6.92 Å². The van der Waals surface area contributed by atoms with Crippen LogP contribution in [0.25, 0.3) is 0 Å². The first-order valence-electron chi connectivity index (χ1n) is 8.56. The maximum absolute atomic E-state index is 12.9. The van der Waals surface area contributed by atoms with Crippen LogP contribution >= 0.6 is 0 Å². The van der Waals surface area contributed by atoms with Gasteiger partial charge in [-0.15, -0.1) is 0 Å². The fourth-order valence-electron chi connectivity index (χ4n) is 2.80. The number of hydrogen-bond acceptors (Lipinski definition) is 6. The highest BCUT2D eigenvalue weighted by Gasteiger charge is 2.38. The second-order valence-electron chi connectivity index (χ2n) is 7.01. The predicted octanol–water partition coefficient (Wildman–Crippen LogP) is -0.954. The van der Waals surface area contributed by atoms with Crippen molar-refractivity contribution in [3.63, 3.8) is 0 Å². The summed E-state index contributed by atoms with van der Waals surface area (Å²) < 4.78 is 26.8. The van der Waals surface area contributed by atoms with Gasteiger partial charge in [0.15, 0.2) is 0 Å². The minimum absolute atomic E-state index is 0.0195. The second kappa shape index (κ2) is 8.34. The molecule has 27 heavy (non-hydrogen) atoms. The summed E-state index contributed by atoms with van der Waals surface area (Å²) in [6.07, 6.45) is 0.906. The van der Waals surface area contributed by atoms with Crippen molar-refractivity contribution in [3.05, 3.63) is 29.8 Å². The molecule has 1 heterocycles. The van der Waals surface area contributed by atoms with E-state index in [1.165, 1.54) is 24.3 Å². The summed E-state index contributed by atoms with van der Waals surface area (Å²) >= 11 is 0. The average Bonchev–Trinajstić information content (AvgIpc) is 3.17. The van der Waals surface area contributed by atoms with Gasteiger partial charge in [0.05, 0.1) is 18.1 Å². The van der Waals surface area contributed by atoms with Crippen LogP contribution < -0.4 is 11.1 Å². The molecule has 5 N–H and O–H groups in total. The van der Waals surface area contributed by atoms with E-state index < -0.39 is 33.3 Å². The van der Waals surface area contributed by atoms with Crippen LogP contribution in [0, 0.1) is 5.41 Å². The lowest BCUT2D eigenvalue weighted by atomic mass is 9.93. The number of nitrogens with two attached hydrogens (primary N) is 1. The fraction of sp³-hybridized carbons (Fsp3) is 0.529. The normalized spacial score (nSPS) is 18.4. The van der Waals surface area contributed by atoms with Crippen molar-refractivity contribution < 1.29 is 28.2 Å². The molecule has 1 saturated heterocycles. The quantitative estimate of drug-likeness (QED) is 0.442. The Hall–Kier alpha value is -2.01. The van der Waals surface area contributed by atoms with Crippen LogP contribution in [0.4, 0.5) is 0 Å². The van der Waals surface area contributed by atoms with E-state index in [-0.39, 0.29) is 36.8 Å². The Bertz CT molecular complexity index is 807. The van der Waals surface area contributed by atoms with E-state index in [0.717, 1.165) is 4.31 Å². The summed E-state index contributed by atoms with van der Waals surface area (Å²) in [7, 11) is -3.97. The summed E-state index contributed by atoms with van der Waals surface area (Å²) in [6, 6.07) is 4.60. The first kappa shape index (κ1) is 21.3. The van der Waals surface area contributed by atoms with Gasteiger partial charge in [0, 0.05) is 24.1 Å². The highest BCUT2D eigenvalue weighted by Crippen LogP contribution is 2.26. The molecule has 0 aliphatic carbocycles. The minimum atomic E-state index is -3.97. The van der Waals surface area contributed by atoms with Crippen molar-refractivity contribution in [2.45, 2.75) is 30.7 Å². The second-order valence-corrected chi connectivity index (χ2v) is 8.90. The molecule has 9 nitrogen and oxygen atoms in total. The zero-order valence-corrected chi connectivity index (χ0v) is 15.9. The molecule has 1 fully saturated rings. The van der Waals surface area contributed by atoms with Crippen molar-refractivity contribution in [2.24, 2.45) is 11.1 Å². The van der Waals surface area contributed by atoms with Gasteiger partial charge in [-0.2, -0.15) is 4.31 Å². The van der Waals surface area contributed by atoms with E-state index in [9.17, 15) is 28.2 Å². The number of sulfonamides is 1. The number of rotatable bonds is 8. The molecule has 2 amide bonds. The van der Waals surface area contributed by atoms with Gasteiger partial charge in [-0.3, -0.25) is 9.59 Å². The lowest BCUT2D eigenvalue weighted by molar-refractivity contribution is -0.121. The summed E-state index contributed by atoms with van der Waals surface area (Å²) in [5, 5.41) is 21.1. The lowest BCUT2D eigenvalue weighted by Gasteiger charge is -2.25. The average molecular weight is 399 g/mol. The predicted molar refractivity (Wildman–Crippen MR) is 97.2 cm³/mol. The molecular formula is C17H25N3O6S. The molecule has 150 valence electrons. The van der Waals surface area contributed by atoms with Crippen molar-refractivity contribution in [3.8, 4) is 0 Å². The number of primary amides is 1. The number of nitrogens with one attached hydrogen (secondary N) is 1. The largest absolute Gasteiger partial charge is 0.396 e. The molecule has 0 bridgehead atoms. The van der Waals surface area contributed by atoms with E-state index in [0.29, 0.717) is 12.8 Å². The van der Waals surface area contributed by atoms with Gasteiger partial charge in [0.2, 0.25) is 15.9 Å². The molecule has 10 heteroatoms. The number of aliphatic hydroxyl groups is 2. The third kappa shape index (κ3) is 4.64. The molecule has 1 atom stereocenters. The highest BCUT2D eigenvalue weighted by molar-refractivity contribution is 7.89. The van der Waals surface area contributed by atoms with Crippen LogP contribution in [0.1, 0.15) is 30.1 Å². The van der Waals surface area contributed by atoms with Gasteiger partial charge in [0.25, 0.3) is 5.91 Å². The van der Waals surface area contributed by atoms with Gasteiger partial charge >= 0.3 is 0 Å². The number of benzene rings is 1. The smallest absolute Gasteiger partial charge is 0.251 e. The molecule has 1 aromatic rings. The molecule has 0 unspecified atom stereocenters. The topological polar surface area (TPSA) is 150 Å². The third-order valence-electron chi connectivity index (χ3n) is 4.67. The van der Waals surface area contributed by atoms with Crippen LogP contribution in [0.15, 0.2) is 29.2 Å². The lowest BCUT2D eigenvalue weighted by Crippen LogP contribution is -2.43. The fourth-order valence-corrected chi connectivity index (χ4v) is 4.51. The first-order chi connectivity index (χ1) is 12.6. The standard InChI is InChI=1S/C17H25N3O6S/c1-17(10-21,11-22)9-19-16(24)12-4-2-5-13(8-12)27(25,26)20-7-3-6-14(20)15(18)23/h2,4-5,8,14,21-22H,3,6-7,9-11H2,1H3,(H2,18,23)(H,19,24)/t14-/m1/s1. The van der Waals surface area contributed by atoms with E-state index >= 15 is 0 Å². The van der Waals surface area contributed by atoms with Gasteiger partial charge in [0.1, 0.15) is 6.04 Å². The van der Waals surface area contributed by atoms with E-state index in [2.05, 4.69) is 5.32 Å². The summed E-state index contributed by atoms with van der Waals surface area (Å²) in [6.45, 7) is 1.18. The van der Waals surface area contributed by atoms with Crippen LogP contribution in [0.2, 0.25) is 0 Å². The number of nitrogens with zero attached hydrogens (tertiary/aromatic N) is 1. The van der Waals surface area contributed by atoms with E-state index in [1.807, 2.05) is 0 Å². The zero-order valence-electron chi connectivity index (χ0n) is 15.1. The Morgan fingerprint density at radius 1 is 1.33 bits per heavy atom. The number of carbonyl (C=O) groups excluding carboxylic acids is 2. The van der Waals surface area contributed by atoms with Crippen LogP contribution in [-0.2, 0) is 14.8 Å². The van der Waals surface area contributed by atoms with Crippen LogP contribution in [0.3, 0.4) is 0 Å². The maximum atomic E-state index is 12.9. The summed E-state index contributed by atoms with van der Waals surface area (Å²) in [5.74, 6) is -1.23. The number of aliphatic hydroxyl groups excluding tert-OH is 2. The van der Waals surface area contributed by atoms with Gasteiger partial charge < -0.3 is 21.3 Å². The van der Waals surface area contributed by atoms with Crippen molar-refractivity contribution in [1.82, 2.24) is 9.62 Å². The first-order valence-corrected chi connectivity index (χ1v) is 10.00. The minimum Gasteiger partial charge on any atom is -0.396 e. The molecule has 1 aliphatic heterocycles. The van der Waals surface area contributed by atoms with Crippen molar-refractivity contribution in [2.75, 3.05) is 26.3 Å². The molecule has 1 aromatic carbocycles. The monoisotopic (exact) mass is 399 g/mol. The van der Waals surface area contributed by atoms with Gasteiger partial charge in [-0.25, -0.2) is 8.42 Å². The molecule has 1 aliphatic rings. The number of hydrogen-bond donors (Lipinski definition) is 4. The number of carbonyl (C=O) groups is 2. The van der Waals surface area contributed by atoms with Crippen LogP contribution in [-0.4, -0.2) is 67.1 Å². The summed E-state index contributed by atoms with van der Waals surface area (Å²) in [4.78, 5) is 23.8. The zero-order chi connectivity index (χ0) is 20.2. The van der Waals surface area contributed by atoms with Crippen LogP contribution in [0.5, 0.6) is 0 Å². The highest BCUT2D eigenvalue weighted by atomic mass is 32.2. The third-order valence-corrected chi connectivity index (χ3v) is 6.58. The Morgan fingerprint density at radius 2 is 2.00 bits per heavy atom. The Morgan fingerprint density at radius 3 is 2.59 bits per heavy atom. The molecule has 0 spiro atoms. The molecule has 0 saturated carbocycles. The van der Waals surface area contributed by atoms with E-state index in [4.69, 9.17) is 5.73 Å². The SMILES string of the molecule is CC(CO)(CO)CNC(=O)c1cccc(S(=O)(=O)N2CCC[C@@H]2C(N)=O)c1. The molecule has 0 radical (unpaired) electrons. The molecule has 2 rings (SSSR count). The Balaban J connectivity index is 2.21. The summed E-state index contributed by atoms with van der Waals surface area (Å²) in [5.41, 5.74) is 4.53. The molecule has 0 aromatic heterocycles. The maximum Gasteiger partial charge on any atom is 0.251 e. The number of amides is 2. The van der Waals surface area contributed by atoms with Gasteiger partial charge in [-0.05, 0) is 31.0 Å². The Labute approximate surface area is 158 Å². The molecular weight excluding hydrogens is 374 g/mol.